The molecule has 0 aliphatic heterocycles. The number of carbonyl (C=O) groups excluding carboxylic acids is 1. The molecule has 0 saturated carbocycles. The number of rotatable bonds is 4. The molecule has 0 radical (unpaired) electrons. The minimum Gasteiger partial charge on any atom is -0.322 e. The minimum absolute atomic E-state index is 0.172. The van der Waals surface area contributed by atoms with Gasteiger partial charge < -0.3 is 9.88 Å². The van der Waals surface area contributed by atoms with Crippen molar-refractivity contribution < 1.29 is 4.79 Å². The Hall–Kier alpha value is -3.60. The number of aryl methyl sites for hydroxylation is 3. The van der Waals surface area contributed by atoms with Crippen LogP contribution >= 0.6 is 0 Å². The maximum absolute atomic E-state index is 13.2. The summed E-state index contributed by atoms with van der Waals surface area (Å²) >= 11 is 0. The lowest BCUT2D eigenvalue weighted by atomic mass is 10.1. The summed E-state index contributed by atoms with van der Waals surface area (Å²) in [5.74, 6) is 0.547. The average Bonchev–Trinajstić information content (AvgIpc) is 3.31. The van der Waals surface area contributed by atoms with Crippen LogP contribution in [0.4, 0.5) is 5.69 Å². The quantitative estimate of drug-likeness (QED) is 0.559. The lowest BCUT2D eigenvalue weighted by Crippen LogP contribution is -2.16. The van der Waals surface area contributed by atoms with Gasteiger partial charge in [-0.1, -0.05) is 35.9 Å². The SMILES string of the molecule is Cc1ccc(-n2nc(C)c(C(=O)Nc3ccccc3C)c2-n2cccc2)cc1. The van der Waals surface area contributed by atoms with Crippen molar-refractivity contribution in [3.63, 3.8) is 0 Å². The third-order valence-electron chi connectivity index (χ3n) is 4.78. The van der Waals surface area contributed by atoms with E-state index in [-0.39, 0.29) is 5.91 Å². The fourth-order valence-electron chi connectivity index (χ4n) is 3.26. The van der Waals surface area contributed by atoms with E-state index in [1.807, 2.05) is 103 Å². The van der Waals surface area contributed by atoms with Gasteiger partial charge in [0, 0.05) is 18.1 Å². The molecule has 0 saturated heterocycles. The largest absolute Gasteiger partial charge is 0.322 e. The lowest BCUT2D eigenvalue weighted by Gasteiger charge is -2.12. The van der Waals surface area contributed by atoms with Gasteiger partial charge in [-0.15, -0.1) is 0 Å². The number of para-hydroxylation sites is 1. The maximum atomic E-state index is 13.2. The Bertz CT molecular complexity index is 1120. The Morgan fingerprint density at radius 3 is 2.25 bits per heavy atom. The minimum atomic E-state index is -0.172. The summed E-state index contributed by atoms with van der Waals surface area (Å²) in [5.41, 5.74) is 5.13. The van der Waals surface area contributed by atoms with Gasteiger partial charge in [-0.3, -0.25) is 4.79 Å². The zero-order valence-electron chi connectivity index (χ0n) is 16.2. The van der Waals surface area contributed by atoms with Crippen LogP contribution < -0.4 is 5.32 Å². The van der Waals surface area contributed by atoms with Crippen molar-refractivity contribution in [1.29, 1.82) is 0 Å². The van der Waals surface area contributed by atoms with Gasteiger partial charge in [0.15, 0.2) is 5.82 Å². The highest BCUT2D eigenvalue weighted by Crippen LogP contribution is 2.25. The molecular formula is C23H22N4O. The van der Waals surface area contributed by atoms with E-state index >= 15 is 0 Å². The molecule has 0 spiro atoms. The van der Waals surface area contributed by atoms with Crippen LogP contribution in [0.5, 0.6) is 0 Å². The van der Waals surface area contributed by atoms with Crippen LogP contribution in [0.25, 0.3) is 11.5 Å². The van der Waals surface area contributed by atoms with Crippen LogP contribution in [0.15, 0.2) is 73.1 Å². The van der Waals surface area contributed by atoms with Gasteiger partial charge >= 0.3 is 0 Å². The number of hydrogen-bond donors (Lipinski definition) is 1. The Kier molecular flexibility index (Phi) is 4.57. The molecule has 2 aromatic carbocycles. The first-order valence-corrected chi connectivity index (χ1v) is 9.21. The summed E-state index contributed by atoms with van der Waals surface area (Å²) in [7, 11) is 0. The molecule has 140 valence electrons. The topological polar surface area (TPSA) is 51.9 Å². The van der Waals surface area contributed by atoms with Crippen molar-refractivity contribution in [1.82, 2.24) is 14.3 Å². The molecular weight excluding hydrogens is 348 g/mol. The van der Waals surface area contributed by atoms with Crippen molar-refractivity contribution >= 4 is 11.6 Å². The van der Waals surface area contributed by atoms with E-state index in [0.29, 0.717) is 11.3 Å². The summed E-state index contributed by atoms with van der Waals surface area (Å²) in [6, 6.07) is 19.7. The first-order valence-electron chi connectivity index (χ1n) is 9.21. The number of amides is 1. The van der Waals surface area contributed by atoms with Gasteiger partial charge in [0.25, 0.3) is 5.91 Å². The third kappa shape index (κ3) is 3.22. The number of hydrogen-bond acceptors (Lipinski definition) is 2. The van der Waals surface area contributed by atoms with Crippen molar-refractivity contribution in [2.75, 3.05) is 5.32 Å². The van der Waals surface area contributed by atoms with E-state index in [9.17, 15) is 4.79 Å². The van der Waals surface area contributed by atoms with Crippen LogP contribution in [-0.2, 0) is 0 Å². The predicted molar refractivity (Wildman–Crippen MR) is 111 cm³/mol. The number of nitrogens with one attached hydrogen (secondary N) is 1. The standard InChI is InChI=1S/C23H22N4O/c1-16-10-12-19(13-11-16)27-23(26-14-6-7-15-26)21(18(3)25-27)22(28)24-20-9-5-4-8-17(20)2/h4-15H,1-3H3,(H,24,28). The van der Waals surface area contributed by atoms with Crippen LogP contribution in [0.1, 0.15) is 27.2 Å². The number of anilines is 1. The molecule has 2 aromatic heterocycles. The smallest absolute Gasteiger partial charge is 0.261 e. The number of nitrogens with zero attached hydrogens (tertiary/aromatic N) is 3. The fourth-order valence-corrected chi connectivity index (χ4v) is 3.26. The number of benzene rings is 2. The lowest BCUT2D eigenvalue weighted by molar-refractivity contribution is 0.102. The number of carbonyl (C=O) groups is 1. The highest BCUT2D eigenvalue weighted by atomic mass is 16.1. The average molecular weight is 370 g/mol. The van der Waals surface area contributed by atoms with E-state index in [0.717, 1.165) is 22.8 Å². The summed E-state index contributed by atoms with van der Waals surface area (Å²) in [6.45, 7) is 5.89. The Labute approximate surface area is 164 Å². The van der Waals surface area contributed by atoms with Crippen LogP contribution in [0.3, 0.4) is 0 Å². The molecule has 1 N–H and O–H groups in total. The van der Waals surface area contributed by atoms with Crippen LogP contribution in [0.2, 0.25) is 0 Å². The van der Waals surface area contributed by atoms with E-state index in [2.05, 4.69) is 10.4 Å². The van der Waals surface area contributed by atoms with Crippen LogP contribution in [0, 0.1) is 20.8 Å². The van der Waals surface area contributed by atoms with Crippen molar-refractivity contribution in [2.24, 2.45) is 0 Å². The normalized spacial score (nSPS) is 10.8. The summed E-state index contributed by atoms with van der Waals surface area (Å²) in [4.78, 5) is 13.2. The highest BCUT2D eigenvalue weighted by Gasteiger charge is 2.24. The summed E-state index contributed by atoms with van der Waals surface area (Å²) < 4.78 is 3.74. The first kappa shape index (κ1) is 17.8. The Balaban J connectivity index is 1.84. The second-order valence-electron chi connectivity index (χ2n) is 6.89. The molecule has 0 atom stereocenters. The monoisotopic (exact) mass is 370 g/mol. The van der Waals surface area contributed by atoms with E-state index in [4.69, 9.17) is 0 Å². The van der Waals surface area contributed by atoms with Gasteiger partial charge in [-0.05, 0) is 56.7 Å². The second kappa shape index (κ2) is 7.19. The molecule has 0 aliphatic rings. The molecule has 0 fully saturated rings. The first-order chi connectivity index (χ1) is 13.5. The van der Waals surface area contributed by atoms with Gasteiger partial charge in [0.2, 0.25) is 0 Å². The van der Waals surface area contributed by atoms with E-state index in [1.165, 1.54) is 5.56 Å². The summed E-state index contributed by atoms with van der Waals surface area (Å²) in [6.07, 6.45) is 3.84. The molecule has 1 amide bonds. The fraction of sp³-hybridized carbons (Fsp3) is 0.130. The Morgan fingerprint density at radius 2 is 1.57 bits per heavy atom. The Morgan fingerprint density at radius 1 is 0.893 bits per heavy atom. The third-order valence-corrected chi connectivity index (χ3v) is 4.78. The van der Waals surface area contributed by atoms with Gasteiger partial charge in [-0.25, -0.2) is 4.68 Å². The molecule has 4 aromatic rings. The summed E-state index contributed by atoms with van der Waals surface area (Å²) in [5, 5.41) is 7.72. The van der Waals surface area contributed by atoms with Crippen molar-refractivity contribution in [2.45, 2.75) is 20.8 Å². The molecule has 5 nitrogen and oxygen atoms in total. The molecule has 2 heterocycles. The van der Waals surface area contributed by atoms with Crippen molar-refractivity contribution in [3.8, 4) is 11.5 Å². The second-order valence-corrected chi connectivity index (χ2v) is 6.89. The predicted octanol–water partition coefficient (Wildman–Crippen LogP) is 4.84. The van der Waals surface area contributed by atoms with E-state index < -0.39 is 0 Å². The zero-order valence-corrected chi connectivity index (χ0v) is 16.2. The zero-order chi connectivity index (χ0) is 19.7. The van der Waals surface area contributed by atoms with Crippen LogP contribution in [-0.4, -0.2) is 20.3 Å². The van der Waals surface area contributed by atoms with E-state index in [1.54, 1.807) is 0 Å². The molecule has 5 heteroatoms. The molecule has 0 aliphatic carbocycles. The van der Waals surface area contributed by atoms with Gasteiger partial charge in [0.05, 0.1) is 11.4 Å². The molecule has 4 rings (SSSR count). The van der Waals surface area contributed by atoms with Crippen molar-refractivity contribution in [3.05, 3.63) is 95.4 Å². The molecule has 0 bridgehead atoms. The van der Waals surface area contributed by atoms with Gasteiger partial charge in [-0.2, -0.15) is 5.10 Å². The molecule has 0 unspecified atom stereocenters. The van der Waals surface area contributed by atoms with Gasteiger partial charge in [0.1, 0.15) is 5.56 Å². The number of aromatic nitrogens is 3. The highest BCUT2D eigenvalue weighted by molar-refractivity contribution is 6.07. The molecule has 28 heavy (non-hydrogen) atoms. The maximum Gasteiger partial charge on any atom is 0.261 e.